The van der Waals surface area contributed by atoms with Crippen molar-refractivity contribution in [2.75, 3.05) is 59.2 Å². The third-order valence-corrected chi connectivity index (χ3v) is 7.50. The Labute approximate surface area is 239 Å². The molecule has 2 saturated heterocycles. The molecule has 40 heavy (non-hydrogen) atoms. The van der Waals surface area contributed by atoms with Crippen LogP contribution < -0.4 is 20.5 Å². The first-order valence-electron chi connectivity index (χ1n) is 13.3. The molecule has 2 aliphatic rings. The minimum Gasteiger partial charge on any atom is -0.496 e. The van der Waals surface area contributed by atoms with Gasteiger partial charge in [0.2, 0.25) is 0 Å². The average Bonchev–Trinajstić information content (AvgIpc) is 3.49. The number of hydrogen-bond acceptors (Lipinski definition) is 8. The summed E-state index contributed by atoms with van der Waals surface area (Å²) in [5.41, 5.74) is 6.37. The van der Waals surface area contributed by atoms with Crippen LogP contribution in [0.15, 0.2) is 42.5 Å². The maximum absolute atomic E-state index is 13.3. The molecule has 0 unspecified atom stereocenters. The number of hydrogen-bond donors (Lipinski definition) is 2. The highest BCUT2D eigenvalue weighted by molar-refractivity contribution is 6.33. The van der Waals surface area contributed by atoms with E-state index in [-0.39, 0.29) is 22.4 Å². The van der Waals surface area contributed by atoms with Gasteiger partial charge in [-0.25, -0.2) is 9.59 Å². The molecule has 0 saturated carbocycles. The van der Waals surface area contributed by atoms with Crippen LogP contribution in [0.3, 0.4) is 0 Å². The molecule has 12 heteroatoms. The molecule has 2 aliphatic heterocycles. The van der Waals surface area contributed by atoms with Crippen molar-refractivity contribution in [1.29, 1.82) is 0 Å². The highest BCUT2D eigenvalue weighted by Gasteiger charge is 2.35. The molecule has 0 spiro atoms. The van der Waals surface area contributed by atoms with Crippen molar-refractivity contribution in [2.45, 2.75) is 31.4 Å². The molecule has 4 rings (SSSR count). The fraction of sp³-hybridized carbons (Fsp3) is 0.464. The predicted octanol–water partition coefficient (Wildman–Crippen LogP) is 3.47. The van der Waals surface area contributed by atoms with E-state index in [1.165, 1.54) is 19.2 Å². The Bertz CT molecular complexity index is 1190. The topological polar surface area (TPSA) is 127 Å². The SMILES string of the molecule is COc1cc(N)c(Cl)cc1C(=O)N[C@@H]1CCN(CCN(C)C(=O)N2CCCC2)C[C@@H]1OC(=O)Oc1ccccc1. The second kappa shape index (κ2) is 13.6. The lowest BCUT2D eigenvalue weighted by atomic mass is 10.0. The summed E-state index contributed by atoms with van der Waals surface area (Å²) in [6.07, 6.45) is 0.996. The van der Waals surface area contributed by atoms with Gasteiger partial charge in [0.25, 0.3) is 5.91 Å². The number of ether oxygens (including phenoxy) is 3. The summed E-state index contributed by atoms with van der Waals surface area (Å²) < 4.78 is 16.4. The Morgan fingerprint density at radius 1 is 1.12 bits per heavy atom. The number of amides is 3. The van der Waals surface area contributed by atoms with Crippen molar-refractivity contribution in [2.24, 2.45) is 0 Å². The van der Waals surface area contributed by atoms with Gasteiger partial charge >= 0.3 is 12.2 Å². The lowest BCUT2D eigenvalue weighted by Crippen LogP contribution is -2.56. The van der Waals surface area contributed by atoms with Gasteiger partial charge in [0, 0.05) is 52.4 Å². The normalized spacial score (nSPS) is 19.1. The van der Waals surface area contributed by atoms with Crippen molar-refractivity contribution < 1.29 is 28.6 Å². The molecule has 2 aromatic carbocycles. The van der Waals surface area contributed by atoms with Gasteiger partial charge in [-0.2, -0.15) is 0 Å². The van der Waals surface area contributed by atoms with E-state index < -0.39 is 24.2 Å². The number of nitrogens with two attached hydrogens (primary N) is 1. The number of piperidine rings is 1. The fourth-order valence-corrected chi connectivity index (χ4v) is 5.06. The van der Waals surface area contributed by atoms with Crippen molar-refractivity contribution in [3.63, 3.8) is 0 Å². The predicted molar refractivity (Wildman–Crippen MR) is 151 cm³/mol. The van der Waals surface area contributed by atoms with Gasteiger partial charge in [-0.15, -0.1) is 0 Å². The molecule has 11 nitrogen and oxygen atoms in total. The number of nitrogen functional groups attached to an aromatic ring is 1. The number of para-hydroxylation sites is 1. The Balaban J connectivity index is 1.42. The number of methoxy groups -OCH3 is 1. The summed E-state index contributed by atoms with van der Waals surface area (Å²) >= 11 is 6.16. The molecule has 2 atom stereocenters. The number of halogens is 1. The van der Waals surface area contributed by atoms with Crippen LogP contribution in [0, 0.1) is 0 Å². The molecule has 0 aromatic heterocycles. The number of carbonyl (C=O) groups excluding carboxylic acids is 3. The minimum absolute atomic E-state index is 0.0231. The van der Waals surface area contributed by atoms with Crippen LogP contribution in [0.1, 0.15) is 29.6 Å². The minimum atomic E-state index is -0.869. The van der Waals surface area contributed by atoms with Crippen molar-refractivity contribution >= 4 is 35.4 Å². The standard InChI is InChI=1S/C28H36ClN5O6/c1-32(27(36)34-11-6-7-12-34)14-15-33-13-10-23(25(18-33)40-28(37)39-19-8-4-3-5-9-19)31-26(35)20-16-21(29)22(30)17-24(20)38-2/h3-5,8-9,16-17,23,25H,6-7,10-15,18,30H2,1-2H3,(H,31,35)/t23-,25+/m1/s1. The molecular weight excluding hydrogens is 538 g/mol. The van der Waals surface area contributed by atoms with Gasteiger partial charge in [-0.05, 0) is 37.5 Å². The first-order chi connectivity index (χ1) is 19.2. The highest BCUT2D eigenvalue weighted by Crippen LogP contribution is 2.29. The van der Waals surface area contributed by atoms with Gasteiger partial charge in [0.05, 0.1) is 29.4 Å². The van der Waals surface area contributed by atoms with Crippen LogP contribution in [-0.2, 0) is 4.74 Å². The monoisotopic (exact) mass is 573 g/mol. The summed E-state index contributed by atoms with van der Waals surface area (Å²) in [7, 11) is 3.24. The number of likely N-dealkylation sites (N-methyl/N-ethyl adjacent to an activating group) is 1. The van der Waals surface area contributed by atoms with E-state index in [9.17, 15) is 14.4 Å². The van der Waals surface area contributed by atoms with E-state index in [4.69, 9.17) is 31.5 Å². The van der Waals surface area contributed by atoms with Gasteiger partial charge in [0.1, 0.15) is 17.6 Å². The van der Waals surface area contributed by atoms with Crippen LogP contribution in [0.2, 0.25) is 5.02 Å². The van der Waals surface area contributed by atoms with E-state index in [1.807, 2.05) is 11.0 Å². The zero-order valence-corrected chi connectivity index (χ0v) is 23.6. The number of nitrogens with one attached hydrogen (secondary N) is 1. The molecule has 3 N–H and O–H groups in total. The zero-order valence-electron chi connectivity index (χ0n) is 22.8. The molecule has 3 amide bonds. The van der Waals surface area contributed by atoms with E-state index in [1.54, 1.807) is 36.2 Å². The van der Waals surface area contributed by atoms with Gasteiger partial charge in [-0.3, -0.25) is 9.69 Å². The van der Waals surface area contributed by atoms with E-state index in [2.05, 4.69) is 10.2 Å². The van der Waals surface area contributed by atoms with Crippen molar-refractivity contribution in [1.82, 2.24) is 20.0 Å². The molecule has 2 heterocycles. The largest absolute Gasteiger partial charge is 0.514 e. The molecule has 2 aromatic rings. The Hall–Kier alpha value is -3.70. The Morgan fingerprint density at radius 3 is 2.55 bits per heavy atom. The van der Waals surface area contributed by atoms with E-state index in [0.717, 1.165) is 25.9 Å². The molecular formula is C28H36ClN5O6. The van der Waals surface area contributed by atoms with Crippen molar-refractivity contribution in [3.8, 4) is 11.5 Å². The quantitative estimate of drug-likeness (QED) is 0.279. The van der Waals surface area contributed by atoms with Gasteiger partial charge in [0.15, 0.2) is 0 Å². The molecule has 0 radical (unpaired) electrons. The Morgan fingerprint density at radius 2 is 1.85 bits per heavy atom. The molecule has 0 aliphatic carbocycles. The maximum Gasteiger partial charge on any atom is 0.514 e. The first kappa shape index (κ1) is 29.3. The lowest BCUT2D eigenvalue weighted by molar-refractivity contribution is -0.00151. The van der Waals surface area contributed by atoms with Gasteiger partial charge in [-0.1, -0.05) is 29.8 Å². The molecule has 2 fully saturated rings. The summed E-state index contributed by atoms with van der Waals surface area (Å²) in [6.45, 7) is 3.67. The smallest absolute Gasteiger partial charge is 0.496 e. The number of carbonyl (C=O) groups is 3. The van der Waals surface area contributed by atoms with E-state index in [0.29, 0.717) is 44.0 Å². The van der Waals surface area contributed by atoms with Crippen LogP contribution in [-0.4, -0.2) is 98.4 Å². The highest BCUT2D eigenvalue weighted by atomic mass is 35.5. The Kier molecular flexibility index (Phi) is 9.94. The molecule has 216 valence electrons. The third-order valence-electron chi connectivity index (χ3n) is 7.17. The summed E-state index contributed by atoms with van der Waals surface area (Å²) in [4.78, 5) is 44.3. The van der Waals surface area contributed by atoms with E-state index >= 15 is 0 Å². The summed E-state index contributed by atoms with van der Waals surface area (Å²) in [5.74, 6) is 0.200. The fourth-order valence-electron chi connectivity index (χ4n) is 4.90. The number of nitrogens with zero attached hydrogens (tertiary/aromatic N) is 3. The van der Waals surface area contributed by atoms with Crippen LogP contribution in [0.25, 0.3) is 0 Å². The third kappa shape index (κ3) is 7.48. The number of benzene rings is 2. The molecule has 0 bridgehead atoms. The summed E-state index contributed by atoms with van der Waals surface area (Å²) in [5, 5.41) is 3.20. The number of urea groups is 1. The number of rotatable bonds is 8. The second-order valence-electron chi connectivity index (χ2n) is 9.96. The van der Waals surface area contributed by atoms with Gasteiger partial charge < -0.3 is 35.1 Å². The van der Waals surface area contributed by atoms with Crippen molar-refractivity contribution in [3.05, 3.63) is 53.1 Å². The maximum atomic E-state index is 13.3. The second-order valence-corrected chi connectivity index (χ2v) is 10.4. The number of anilines is 1. The lowest BCUT2D eigenvalue weighted by Gasteiger charge is -2.38. The van der Waals surface area contributed by atoms with Crippen LogP contribution in [0.4, 0.5) is 15.3 Å². The first-order valence-corrected chi connectivity index (χ1v) is 13.7. The average molecular weight is 574 g/mol. The zero-order chi connectivity index (χ0) is 28.6. The van der Waals surface area contributed by atoms with Crippen LogP contribution >= 0.6 is 11.6 Å². The van der Waals surface area contributed by atoms with Crippen LogP contribution in [0.5, 0.6) is 11.5 Å². The summed E-state index contributed by atoms with van der Waals surface area (Å²) in [6, 6.07) is 11.1. The number of likely N-dealkylation sites (tertiary alicyclic amines) is 2.